The minimum absolute atomic E-state index is 0.460. The van der Waals surface area contributed by atoms with Crippen LogP contribution in [0.25, 0.3) is 0 Å². The summed E-state index contributed by atoms with van der Waals surface area (Å²) in [5, 5.41) is 5.68. The van der Waals surface area contributed by atoms with Gasteiger partial charge < -0.3 is 5.32 Å². The monoisotopic (exact) mass is 246 g/mol. The van der Waals surface area contributed by atoms with Crippen molar-refractivity contribution in [1.82, 2.24) is 10.3 Å². The van der Waals surface area contributed by atoms with Crippen LogP contribution in [0.15, 0.2) is 41.9 Å². The highest BCUT2D eigenvalue weighted by atomic mass is 32.1. The molecule has 1 atom stereocenters. The van der Waals surface area contributed by atoms with E-state index in [9.17, 15) is 0 Å². The number of nitrogens with one attached hydrogen (secondary N) is 1. The van der Waals surface area contributed by atoms with Crippen LogP contribution in [-0.2, 0) is 6.42 Å². The van der Waals surface area contributed by atoms with Gasteiger partial charge in [0.25, 0.3) is 0 Å². The van der Waals surface area contributed by atoms with Crippen LogP contribution >= 0.6 is 11.3 Å². The smallest absolute Gasteiger partial charge is 0.0418 e. The van der Waals surface area contributed by atoms with Gasteiger partial charge in [-0.1, -0.05) is 19.1 Å². The fourth-order valence-corrected chi connectivity index (χ4v) is 2.76. The molecule has 1 N–H and O–H groups in total. The zero-order chi connectivity index (χ0) is 11.9. The number of aromatic nitrogens is 1. The second kappa shape index (κ2) is 6.52. The second-order valence-corrected chi connectivity index (χ2v) is 4.96. The van der Waals surface area contributed by atoms with Gasteiger partial charge >= 0.3 is 0 Å². The van der Waals surface area contributed by atoms with E-state index in [0.717, 1.165) is 19.4 Å². The lowest BCUT2D eigenvalue weighted by molar-refractivity contribution is 0.520. The van der Waals surface area contributed by atoms with Crippen LogP contribution in [-0.4, -0.2) is 11.5 Å². The van der Waals surface area contributed by atoms with Crippen LogP contribution in [0, 0.1) is 0 Å². The first-order valence-corrected chi connectivity index (χ1v) is 6.95. The van der Waals surface area contributed by atoms with Crippen molar-refractivity contribution in [2.45, 2.75) is 25.8 Å². The number of rotatable bonds is 6. The summed E-state index contributed by atoms with van der Waals surface area (Å²) >= 11 is 1.82. The lowest BCUT2D eigenvalue weighted by atomic mass is 10.1. The average Bonchev–Trinajstić information content (AvgIpc) is 2.89. The third kappa shape index (κ3) is 3.65. The number of nitrogens with zero attached hydrogens (tertiary/aromatic N) is 1. The standard InChI is InChI=1S/C14H18N2S/c1-2-15-13(14-7-5-11-17-14)9-8-12-6-3-4-10-16-12/h3-7,10-11,13,15H,2,8-9H2,1H3. The Balaban J connectivity index is 1.95. The molecule has 0 bridgehead atoms. The number of pyridine rings is 1. The number of aryl methyl sites for hydroxylation is 1. The van der Waals surface area contributed by atoms with Crippen LogP contribution in [0.3, 0.4) is 0 Å². The van der Waals surface area contributed by atoms with Gasteiger partial charge in [-0.2, -0.15) is 0 Å². The van der Waals surface area contributed by atoms with Gasteiger partial charge in [-0.15, -0.1) is 11.3 Å². The molecule has 2 nitrogen and oxygen atoms in total. The van der Waals surface area contributed by atoms with E-state index in [1.165, 1.54) is 10.6 Å². The number of hydrogen-bond acceptors (Lipinski definition) is 3. The van der Waals surface area contributed by atoms with E-state index in [1.54, 1.807) is 0 Å². The third-order valence-corrected chi connectivity index (χ3v) is 3.74. The van der Waals surface area contributed by atoms with E-state index in [0.29, 0.717) is 6.04 Å². The molecule has 2 heterocycles. The number of hydrogen-bond donors (Lipinski definition) is 1. The average molecular weight is 246 g/mol. The van der Waals surface area contributed by atoms with Crippen LogP contribution in [0.1, 0.15) is 30.0 Å². The summed E-state index contributed by atoms with van der Waals surface area (Å²) in [6, 6.07) is 10.9. The Morgan fingerprint density at radius 2 is 2.24 bits per heavy atom. The van der Waals surface area contributed by atoms with Crippen molar-refractivity contribution in [3.63, 3.8) is 0 Å². The van der Waals surface area contributed by atoms with E-state index >= 15 is 0 Å². The molecule has 0 saturated carbocycles. The van der Waals surface area contributed by atoms with Crippen molar-refractivity contribution in [2.75, 3.05) is 6.54 Å². The van der Waals surface area contributed by atoms with Gasteiger partial charge in [-0.05, 0) is 43.0 Å². The fourth-order valence-electron chi connectivity index (χ4n) is 1.92. The number of thiophene rings is 1. The van der Waals surface area contributed by atoms with Crippen molar-refractivity contribution in [2.24, 2.45) is 0 Å². The van der Waals surface area contributed by atoms with Crippen LogP contribution in [0.2, 0.25) is 0 Å². The lowest BCUT2D eigenvalue weighted by Crippen LogP contribution is -2.20. The van der Waals surface area contributed by atoms with Crippen molar-refractivity contribution in [3.05, 3.63) is 52.5 Å². The molecule has 0 aliphatic rings. The molecular formula is C14H18N2S. The summed E-state index contributed by atoms with van der Waals surface area (Å²) in [4.78, 5) is 5.79. The van der Waals surface area contributed by atoms with Gasteiger partial charge in [0.05, 0.1) is 0 Å². The second-order valence-electron chi connectivity index (χ2n) is 3.99. The molecule has 1 unspecified atom stereocenters. The first-order chi connectivity index (χ1) is 8.40. The molecule has 0 radical (unpaired) electrons. The predicted octanol–water partition coefficient (Wildman–Crippen LogP) is 3.43. The molecule has 2 rings (SSSR count). The molecule has 0 aliphatic carbocycles. The Bertz CT molecular complexity index is 411. The minimum Gasteiger partial charge on any atom is -0.310 e. The molecule has 0 aliphatic heterocycles. The first-order valence-electron chi connectivity index (χ1n) is 6.07. The van der Waals surface area contributed by atoms with Crippen molar-refractivity contribution >= 4 is 11.3 Å². The normalized spacial score (nSPS) is 12.5. The molecule has 90 valence electrons. The van der Waals surface area contributed by atoms with Gasteiger partial charge in [0.2, 0.25) is 0 Å². The van der Waals surface area contributed by atoms with E-state index in [1.807, 2.05) is 23.6 Å². The van der Waals surface area contributed by atoms with E-state index in [2.05, 4.69) is 46.9 Å². The zero-order valence-electron chi connectivity index (χ0n) is 10.1. The maximum absolute atomic E-state index is 4.37. The van der Waals surface area contributed by atoms with E-state index in [-0.39, 0.29) is 0 Å². The lowest BCUT2D eigenvalue weighted by Gasteiger charge is -2.15. The molecule has 3 heteroatoms. The Hall–Kier alpha value is -1.19. The van der Waals surface area contributed by atoms with E-state index in [4.69, 9.17) is 0 Å². The highest BCUT2D eigenvalue weighted by molar-refractivity contribution is 7.10. The van der Waals surface area contributed by atoms with Gasteiger partial charge in [0.15, 0.2) is 0 Å². The molecule has 2 aromatic heterocycles. The summed E-state index contributed by atoms with van der Waals surface area (Å²) in [6.07, 6.45) is 3.99. The van der Waals surface area contributed by atoms with Crippen LogP contribution in [0.5, 0.6) is 0 Å². The Kier molecular flexibility index (Phi) is 4.71. The zero-order valence-corrected chi connectivity index (χ0v) is 10.9. The van der Waals surface area contributed by atoms with Gasteiger partial charge in [0.1, 0.15) is 0 Å². The van der Waals surface area contributed by atoms with Crippen LogP contribution < -0.4 is 5.32 Å². The molecule has 2 aromatic rings. The molecule has 0 amide bonds. The quantitative estimate of drug-likeness (QED) is 0.844. The summed E-state index contributed by atoms with van der Waals surface area (Å²) in [6.45, 7) is 3.16. The molecule has 0 aromatic carbocycles. The van der Waals surface area contributed by atoms with Crippen molar-refractivity contribution in [1.29, 1.82) is 0 Å². The molecule has 0 fully saturated rings. The Morgan fingerprint density at radius 3 is 2.88 bits per heavy atom. The SMILES string of the molecule is CCNC(CCc1ccccn1)c1cccs1. The molecule has 17 heavy (non-hydrogen) atoms. The molecule has 0 spiro atoms. The highest BCUT2D eigenvalue weighted by Gasteiger charge is 2.11. The Morgan fingerprint density at radius 1 is 1.29 bits per heavy atom. The molecule has 0 saturated heterocycles. The van der Waals surface area contributed by atoms with Crippen LogP contribution in [0.4, 0.5) is 0 Å². The summed E-state index contributed by atoms with van der Waals surface area (Å²) in [7, 11) is 0. The third-order valence-electron chi connectivity index (χ3n) is 2.75. The first kappa shape index (κ1) is 12.3. The van der Waals surface area contributed by atoms with Crippen molar-refractivity contribution in [3.8, 4) is 0 Å². The minimum atomic E-state index is 0.460. The maximum Gasteiger partial charge on any atom is 0.0418 e. The summed E-state index contributed by atoms with van der Waals surface area (Å²) in [5.74, 6) is 0. The maximum atomic E-state index is 4.37. The summed E-state index contributed by atoms with van der Waals surface area (Å²) in [5.41, 5.74) is 1.17. The summed E-state index contributed by atoms with van der Waals surface area (Å²) < 4.78 is 0. The largest absolute Gasteiger partial charge is 0.310 e. The van der Waals surface area contributed by atoms with Gasteiger partial charge in [0, 0.05) is 22.8 Å². The van der Waals surface area contributed by atoms with Crippen molar-refractivity contribution < 1.29 is 0 Å². The molecular weight excluding hydrogens is 228 g/mol. The van der Waals surface area contributed by atoms with Gasteiger partial charge in [-0.3, -0.25) is 4.98 Å². The predicted molar refractivity (Wildman–Crippen MR) is 73.3 cm³/mol. The topological polar surface area (TPSA) is 24.9 Å². The fraction of sp³-hybridized carbons (Fsp3) is 0.357. The van der Waals surface area contributed by atoms with Gasteiger partial charge in [-0.25, -0.2) is 0 Å². The van der Waals surface area contributed by atoms with E-state index < -0.39 is 0 Å². The Labute approximate surface area is 107 Å². The highest BCUT2D eigenvalue weighted by Crippen LogP contribution is 2.23.